The molecule has 0 radical (unpaired) electrons. The zero-order chi connectivity index (χ0) is 11.4. The van der Waals surface area contributed by atoms with Gasteiger partial charge in [-0.05, 0) is 13.8 Å². The predicted octanol–water partition coefficient (Wildman–Crippen LogP) is -0.790. The maximum Gasteiger partial charge on any atom is 0.163 e. The second-order valence-electron chi connectivity index (χ2n) is 4.48. The lowest BCUT2D eigenvalue weighted by atomic mass is 9.87. The maximum absolute atomic E-state index is 9.69. The van der Waals surface area contributed by atoms with Crippen molar-refractivity contribution in [2.24, 2.45) is 0 Å². The Kier molecular flexibility index (Phi) is 2.74. The number of rotatable bonds is 0. The van der Waals surface area contributed by atoms with Crippen LogP contribution in [0.5, 0.6) is 0 Å². The third-order valence-electron chi connectivity index (χ3n) is 2.84. The van der Waals surface area contributed by atoms with Crippen molar-refractivity contribution in [2.45, 2.75) is 55.5 Å². The SMILES string of the molecule is CC1(C)O[C@@H]2[C@H](Cl)[C@@H](O)[C@H](O)[C@@H](O)[C@@H]2O1. The normalized spacial score (nSPS) is 54.0. The third-order valence-corrected chi connectivity index (χ3v) is 3.35. The molecule has 2 fully saturated rings. The highest BCUT2D eigenvalue weighted by Gasteiger charge is 2.56. The lowest BCUT2D eigenvalue weighted by Crippen LogP contribution is -2.60. The highest BCUT2D eigenvalue weighted by molar-refractivity contribution is 6.21. The first-order valence-corrected chi connectivity index (χ1v) is 5.31. The average Bonchev–Trinajstić information content (AvgIpc) is 2.48. The molecule has 0 bridgehead atoms. The predicted molar refractivity (Wildman–Crippen MR) is 51.5 cm³/mol. The van der Waals surface area contributed by atoms with Gasteiger partial charge >= 0.3 is 0 Å². The fraction of sp³-hybridized carbons (Fsp3) is 1.00. The summed E-state index contributed by atoms with van der Waals surface area (Å²) in [5.41, 5.74) is 0. The number of hydrogen-bond acceptors (Lipinski definition) is 5. The Morgan fingerprint density at radius 3 is 2.07 bits per heavy atom. The van der Waals surface area contributed by atoms with Gasteiger partial charge in [0.25, 0.3) is 0 Å². The number of aliphatic hydroxyl groups excluding tert-OH is 3. The van der Waals surface area contributed by atoms with Crippen LogP contribution in [0.2, 0.25) is 0 Å². The van der Waals surface area contributed by atoms with E-state index in [1.54, 1.807) is 13.8 Å². The molecule has 0 spiro atoms. The number of ether oxygens (including phenoxy) is 2. The van der Waals surface area contributed by atoms with Crippen LogP contribution in [0.3, 0.4) is 0 Å². The zero-order valence-electron chi connectivity index (χ0n) is 8.50. The molecule has 0 aromatic carbocycles. The van der Waals surface area contributed by atoms with Gasteiger partial charge in [0.15, 0.2) is 5.79 Å². The number of halogens is 1. The van der Waals surface area contributed by atoms with Crippen molar-refractivity contribution in [3.63, 3.8) is 0 Å². The van der Waals surface area contributed by atoms with Crippen molar-refractivity contribution in [3.8, 4) is 0 Å². The van der Waals surface area contributed by atoms with Gasteiger partial charge in [0.05, 0.1) is 5.38 Å². The van der Waals surface area contributed by atoms with Crippen molar-refractivity contribution in [1.82, 2.24) is 0 Å². The van der Waals surface area contributed by atoms with Crippen molar-refractivity contribution < 1.29 is 24.8 Å². The second kappa shape index (κ2) is 3.55. The highest BCUT2D eigenvalue weighted by atomic mass is 35.5. The average molecular weight is 239 g/mol. The van der Waals surface area contributed by atoms with Crippen LogP contribution in [0.4, 0.5) is 0 Å². The topological polar surface area (TPSA) is 79.2 Å². The van der Waals surface area contributed by atoms with E-state index in [9.17, 15) is 15.3 Å². The van der Waals surface area contributed by atoms with Gasteiger partial charge in [-0.3, -0.25) is 0 Å². The summed E-state index contributed by atoms with van der Waals surface area (Å²) >= 11 is 5.93. The monoisotopic (exact) mass is 238 g/mol. The Labute approximate surface area is 92.6 Å². The molecule has 1 aliphatic carbocycles. The molecule has 6 atom stereocenters. The Morgan fingerprint density at radius 1 is 0.933 bits per heavy atom. The molecular formula is C9H15ClO5. The zero-order valence-corrected chi connectivity index (χ0v) is 9.26. The summed E-state index contributed by atoms with van der Waals surface area (Å²) in [6, 6.07) is 0. The molecule has 0 unspecified atom stereocenters. The van der Waals surface area contributed by atoms with E-state index in [1.165, 1.54) is 0 Å². The lowest BCUT2D eigenvalue weighted by Gasteiger charge is -2.38. The van der Waals surface area contributed by atoms with Crippen LogP contribution in [0.15, 0.2) is 0 Å². The number of fused-ring (bicyclic) bond motifs is 1. The summed E-state index contributed by atoms with van der Waals surface area (Å²) in [5.74, 6) is -0.854. The third kappa shape index (κ3) is 1.77. The molecule has 2 aliphatic rings. The van der Waals surface area contributed by atoms with Crippen LogP contribution in [0.25, 0.3) is 0 Å². The fourth-order valence-electron chi connectivity index (χ4n) is 2.11. The van der Waals surface area contributed by atoms with Crippen LogP contribution in [-0.2, 0) is 9.47 Å². The molecule has 3 N–H and O–H groups in total. The van der Waals surface area contributed by atoms with Crippen molar-refractivity contribution in [1.29, 1.82) is 0 Å². The molecule has 88 valence electrons. The van der Waals surface area contributed by atoms with Gasteiger partial charge < -0.3 is 24.8 Å². The van der Waals surface area contributed by atoms with Crippen molar-refractivity contribution in [3.05, 3.63) is 0 Å². The van der Waals surface area contributed by atoms with Gasteiger partial charge in [0.2, 0.25) is 0 Å². The van der Waals surface area contributed by atoms with Gasteiger partial charge in [0, 0.05) is 0 Å². The minimum Gasteiger partial charge on any atom is -0.389 e. The molecule has 0 amide bonds. The lowest BCUT2D eigenvalue weighted by molar-refractivity contribution is -0.165. The summed E-state index contributed by atoms with van der Waals surface area (Å²) in [4.78, 5) is 0. The number of aliphatic hydroxyl groups is 3. The first-order chi connectivity index (χ1) is 6.83. The van der Waals surface area contributed by atoms with Gasteiger partial charge in [-0.25, -0.2) is 0 Å². The standard InChI is InChI=1S/C9H15ClO5/c1-9(2)14-7-3(10)4(11)5(12)6(13)8(7)15-9/h3-8,11-13H,1-2H3/t3-,4-,5+,6-,7-,8+/m1/s1. The van der Waals surface area contributed by atoms with Crippen molar-refractivity contribution >= 4 is 11.6 Å². The first kappa shape index (κ1) is 11.6. The summed E-state index contributed by atoms with van der Waals surface area (Å²) in [5, 5.41) is 28.0. The summed E-state index contributed by atoms with van der Waals surface area (Å²) in [6.07, 6.45) is -4.98. The fourth-order valence-corrected chi connectivity index (χ4v) is 2.45. The molecule has 6 heteroatoms. The molecular weight excluding hydrogens is 224 g/mol. The molecule has 0 aromatic heterocycles. The molecule has 0 aromatic rings. The number of alkyl halides is 1. The van der Waals surface area contributed by atoms with E-state index in [4.69, 9.17) is 21.1 Å². The van der Waals surface area contributed by atoms with E-state index in [-0.39, 0.29) is 0 Å². The van der Waals surface area contributed by atoms with Crippen LogP contribution in [-0.4, -0.2) is 57.0 Å². The summed E-state index contributed by atoms with van der Waals surface area (Å²) in [6.45, 7) is 3.39. The Hall–Kier alpha value is 0.0900. The van der Waals surface area contributed by atoms with E-state index >= 15 is 0 Å². The highest BCUT2D eigenvalue weighted by Crippen LogP contribution is 2.39. The molecule has 1 saturated carbocycles. The van der Waals surface area contributed by atoms with E-state index in [1.807, 2.05) is 0 Å². The smallest absolute Gasteiger partial charge is 0.163 e. The van der Waals surface area contributed by atoms with Gasteiger partial charge in [-0.1, -0.05) is 0 Å². The summed E-state index contributed by atoms with van der Waals surface area (Å²) < 4.78 is 10.9. The van der Waals surface area contributed by atoms with Crippen LogP contribution in [0.1, 0.15) is 13.8 Å². The van der Waals surface area contributed by atoms with Gasteiger partial charge in [-0.2, -0.15) is 0 Å². The molecule has 1 heterocycles. The van der Waals surface area contributed by atoms with Crippen LogP contribution in [0, 0.1) is 0 Å². The van der Waals surface area contributed by atoms with E-state index in [0.29, 0.717) is 0 Å². The molecule has 15 heavy (non-hydrogen) atoms. The Morgan fingerprint density at radius 2 is 1.47 bits per heavy atom. The van der Waals surface area contributed by atoms with E-state index < -0.39 is 41.7 Å². The molecule has 2 rings (SSSR count). The second-order valence-corrected chi connectivity index (χ2v) is 4.98. The quantitative estimate of drug-likeness (QED) is 0.482. The number of hydrogen-bond donors (Lipinski definition) is 3. The minimum absolute atomic E-state index is 0.602. The molecule has 1 aliphatic heterocycles. The minimum atomic E-state index is -1.30. The molecule has 1 saturated heterocycles. The van der Waals surface area contributed by atoms with E-state index in [0.717, 1.165) is 0 Å². The first-order valence-electron chi connectivity index (χ1n) is 4.87. The van der Waals surface area contributed by atoms with Crippen molar-refractivity contribution in [2.75, 3.05) is 0 Å². The van der Waals surface area contributed by atoms with E-state index in [2.05, 4.69) is 0 Å². The largest absolute Gasteiger partial charge is 0.389 e. The molecule has 5 nitrogen and oxygen atoms in total. The van der Waals surface area contributed by atoms with Crippen LogP contribution < -0.4 is 0 Å². The Balaban J connectivity index is 2.23. The maximum atomic E-state index is 9.69. The van der Waals surface area contributed by atoms with Gasteiger partial charge in [-0.15, -0.1) is 11.6 Å². The van der Waals surface area contributed by atoms with Crippen LogP contribution >= 0.6 is 11.6 Å². The summed E-state index contributed by atoms with van der Waals surface area (Å²) in [7, 11) is 0. The van der Waals surface area contributed by atoms with Gasteiger partial charge in [0.1, 0.15) is 30.5 Å². The Bertz CT molecular complexity index is 235.